The van der Waals surface area contributed by atoms with Crippen molar-refractivity contribution in [3.05, 3.63) is 94.9 Å². The van der Waals surface area contributed by atoms with Gasteiger partial charge in [0.2, 0.25) is 17.8 Å². The molecule has 7 heterocycles. The van der Waals surface area contributed by atoms with Gasteiger partial charge in [-0.1, -0.05) is 44.0 Å². The van der Waals surface area contributed by atoms with E-state index in [4.69, 9.17) is 22.1 Å². The number of aliphatic hydroxyl groups is 1. The summed E-state index contributed by atoms with van der Waals surface area (Å²) in [6.07, 6.45) is 14.1. The van der Waals surface area contributed by atoms with Crippen LogP contribution in [0.2, 0.25) is 0 Å². The minimum atomic E-state index is -0.946. The largest absolute Gasteiger partial charge is 0.507 e. The Morgan fingerprint density at radius 2 is 1.76 bits per heavy atom. The second-order valence-corrected chi connectivity index (χ2v) is 21.1. The van der Waals surface area contributed by atoms with Crippen LogP contribution in [0, 0.1) is 23.2 Å². The SMILES string of the molecule is C#Cc1ccc(CNC(=O)[C@@H]2C[C@@H](O)CN2C(=O)[C@@H](NC(=O)N2CC3(CC(N4CCC(c5cnc(N6CCc7[nH]c8nnc(-c9ccccc9O)cc8c7[C@H]6C)nc5)CC4)C3)C2)C(C)(C)CCN)cc1. The number of nitrogens with zero attached hydrogens (tertiary/aromatic N) is 8. The number of hydrogen-bond donors (Lipinski definition) is 6. The van der Waals surface area contributed by atoms with Gasteiger partial charge in [0.1, 0.15) is 17.8 Å². The van der Waals surface area contributed by atoms with Crippen LogP contribution in [0.1, 0.15) is 99.2 Å². The van der Waals surface area contributed by atoms with Gasteiger partial charge >= 0.3 is 6.03 Å². The molecule has 1 saturated carbocycles. The number of phenolic OH excluding ortho intramolecular Hbond substituents is 1. The molecule has 4 aliphatic heterocycles. The van der Waals surface area contributed by atoms with E-state index in [2.05, 4.69) is 48.5 Å². The van der Waals surface area contributed by atoms with Crippen molar-refractivity contribution >= 4 is 34.8 Å². The van der Waals surface area contributed by atoms with Gasteiger partial charge in [0, 0.05) is 97.2 Å². The van der Waals surface area contributed by atoms with Gasteiger partial charge in [0.05, 0.1) is 17.8 Å². The molecule has 17 nitrogen and oxygen atoms in total. The molecule has 3 saturated heterocycles. The minimum Gasteiger partial charge on any atom is -0.507 e. The van der Waals surface area contributed by atoms with Crippen LogP contribution in [0.5, 0.6) is 5.75 Å². The Bertz CT molecular complexity index is 2790. The number of para-hydroxylation sites is 1. The van der Waals surface area contributed by atoms with Gasteiger partial charge in [-0.2, -0.15) is 0 Å². The number of β-amino-alcohol motifs (C(OH)–C–C–N with tert-alkyl or cyclic N) is 1. The highest BCUT2D eigenvalue weighted by atomic mass is 16.3. The van der Waals surface area contributed by atoms with Gasteiger partial charge in [0.25, 0.3) is 0 Å². The number of nitrogens with two attached hydrogens (primary N) is 1. The summed E-state index contributed by atoms with van der Waals surface area (Å²) in [5, 5.41) is 37.0. The number of hydrogen-bond acceptors (Lipinski definition) is 12. The topological polar surface area (TPSA) is 222 Å². The number of aromatic hydroxyl groups is 1. The number of carbonyl (C=O) groups excluding carboxylic acids is 3. The van der Waals surface area contributed by atoms with Crippen LogP contribution in [-0.4, -0.2) is 138 Å². The molecule has 4 atom stereocenters. The van der Waals surface area contributed by atoms with Crippen molar-refractivity contribution < 1.29 is 24.6 Å². The number of terminal acetylenes is 1. The van der Waals surface area contributed by atoms with Crippen molar-refractivity contribution in [2.24, 2.45) is 16.6 Å². The number of amides is 4. The molecule has 0 radical (unpaired) electrons. The summed E-state index contributed by atoms with van der Waals surface area (Å²) >= 11 is 0. The lowest BCUT2D eigenvalue weighted by molar-refractivity contribution is -0.142. The van der Waals surface area contributed by atoms with Crippen LogP contribution in [0.4, 0.5) is 10.7 Å². The average molecular weight is 949 g/mol. The van der Waals surface area contributed by atoms with E-state index in [0.717, 1.165) is 85.2 Å². The highest BCUT2D eigenvalue weighted by Crippen LogP contribution is 2.51. The Hall–Kier alpha value is -6.61. The van der Waals surface area contributed by atoms with E-state index in [9.17, 15) is 24.6 Å². The summed E-state index contributed by atoms with van der Waals surface area (Å²) < 4.78 is 0. The molecular formula is C53H64N12O5. The molecule has 0 unspecified atom stereocenters. The van der Waals surface area contributed by atoms with Crippen molar-refractivity contribution in [3.63, 3.8) is 0 Å². The maximum atomic E-state index is 14.4. The van der Waals surface area contributed by atoms with Crippen LogP contribution >= 0.6 is 0 Å². The zero-order valence-electron chi connectivity index (χ0n) is 40.3. The van der Waals surface area contributed by atoms with Gasteiger partial charge in [-0.05, 0) is 111 Å². The number of fused-ring (bicyclic) bond motifs is 3. The van der Waals surface area contributed by atoms with Gasteiger partial charge < -0.3 is 51.2 Å². The van der Waals surface area contributed by atoms with Crippen molar-refractivity contribution in [1.82, 2.24) is 50.5 Å². The Morgan fingerprint density at radius 3 is 2.46 bits per heavy atom. The second-order valence-electron chi connectivity index (χ2n) is 21.1. The molecular weight excluding hydrogens is 885 g/mol. The van der Waals surface area contributed by atoms with Gasteiger partial charge in [-0.3, -0.25) is 9.59 Å². The second kappa shape index (κ2) is 19.0. The van der Waals surface area contributed by atoms with E-state index >= 15 is 0 Å². The summed E-state index contributed by atoms with van der Waals surface area (Å²) in [4.78, 5) is 63.2. The predicted octanol–water partition coefficient (Wildman–Crippen LogP) is 4.60. The fourth-order valence-electron chi connectivity index (χ4n) is 11.9. The van der Waals surface area contributed by atoms with E-state index in [1.807, 2.05) is 56.6 Å². The Kier molecular flexibility index (Phi) is 12.7. The van der Waals surface area contributed by atoms with E-state index < -0.39 is 29.5 Å². The highest BCUT2D eigenvalue weighted by Gasteiger charge is 2.56. The fourth-order valence-corrected chi connectivity index (χ4v) is 11.9. The summed E-state index contributed by atoms with van der Waals surface area (Å²) in [6, 6.07) is 14.8. The first-order chi connectivity index (χ1) is 33.7. The molecule has 2 aromatic carbocycles. The maximum Gasteiger partial charge on any atom is 0.318 e. The fraction of sp³-hybridized carbons (Fsp3) is 0.491. The van der Waals surface area contributed by atoms with Crippen molar-refractivity contribution in [3.8, 4) is 29.4 Å². The third kappa shape index (κ3) is 9.04. The molecule has 5 aliphatic rings. The zero-order chi connectivity index (χ0) is 48.9. The number of phenols is 1. The molecule has 70 heavy (non-hydrogen) atoms. The third-order valence-corrected chi connectivity index (χ3v) is 16.0. The number of piperidine rings is 1. The summed E-state index contributed by atoms with van der Waals surface area (Å²) in [7, 11) is 0. The van der Waals surface area contributed by atoms with Crippen LogP contribution < -0.4 is 21.3 Å². The van der Waals surface area contributed by atoms with Crippen molar-refractivity contribution in [2.75, 3.05) is 50.7 Å². The molecule has 7 N–H and O–H groups in total. The molecule has 17 heteroatoms. The number of likely N-dealkylation sites (tertiary alicyclic amines) is 3. The molecule has 3 aromatic heterocycles. The first-order valence-electron chi connectivity index (χ1n) is 24.8. The van der Waals surface area contributed by atoms with Crippen LogP contribution in [-0.2, 0) is 22.6 Å². The molecule has 0 bridgehead atoms. The predicted molar refractivity (Wildman–Crippen MR) is 265 cm³/mol. The van der Waals surface area contributed by atoms with Crippen LogP contribution in [0.25, 0.3) is 22.3 Å². The molecule has 1 aliphatic carbocycles. The van der Waals surface area contributed by atoms with Gasteiger partial charge in [0.15, 0.2) is 5.65 Å². The van der Waals surface area contributed by atoms with E-state index in [-0.39, 0.29) is 48.7 Å². The maximum absolute atomic E-state index is 14.4. The first kappa shape index (κ1) is 47.1. The average Bonchev–Trinajstić information content (AvgIpc) is 3.92. The molecule has 4 amide bonds. The number of rotatable bonds is 12. The Labute approximate surface area is 408 Å². The third-order valence-electron chi connectivity index (χ3n) is 16.0. The summed E-state index contributed by atoms with van der Waals surface area (Å²) in [5.74, 6) is 3.09. The number of urea groups is 1. The van der Waals surface area contributed by atoms with Gasteiger partial charge in [-0.15, -0.1) is 16.6 Å². The molecule has 1 spiro atoms. The quantitative estimate of drug-likeness (QED) is 0.0946. The number of aromatic amines is 1. The smallest absolute Gasteiger partial charge is 0.318 e. The lowest BCUT2D eigenvalue weighted by Crippen LogP contribution is -2.70. The molecule has 5 aromatic rings. The number of benzene rings is 2. The standard InChI is InChI=1S/C53H64N12O5/c1-5-33-10-12-34(13-11-33)26-55-48(68)43-22-38(66)29-65(43)49(69)46(52(3,4)17-18-54)59-51(70)63-30-53(31-63)24-37(25-53)62-19-14-35(15-20-62)36-27-56-50(57-28-36)64-21-16-41-45(32(64)2)40-23-42(60-61-47(40)58-41)39-8-6-7-9-44(39)67/h1,6-13,23,27-28,32,35,37-38,43,46,66-67H,14-22,24-26,29-31,54H2,2-4H3,(H,55,68)(H,58,61)(H,59,70)/t32-,38-,43+,46-/m1/s1. The lowest BCUT2D eigenvalue weighted by Gasteiger charge is -2.61. The summed E-state index contributed by atoms with van der Waals surface area (Å²) in [6.45, 7) is 10.6. The van der Waals surface area contributed by atoms with Crippen molar-refractivity contribution in [1.29, 1.82) is 0 Å². The van der Waals surface area contributed by atoms with Crippen molar-refractivity contribution in [2.45, 2.75) is 108 Å². The minimum absolute atomic E-state index is 0.00120. The van der Waals surface area contributed by atoms with Crippen LogP contribution in [0.15, 0.2) is 67.0 Å². The number of anilines is 1. The van der Waals surface area contributed by atoms with Gasteiger partial charge in [-0.25, -0.2) is 14.8 Å². The Balaban J connectivity index is 0.705. The normalized spacial score (nSPS) is 22.0. The number of nitrogens with one attached hydrogen (secondary N) is 3. The Morgan fingerprint density at radius 1 is 1.03 bits per heavy atom. The zero-order valence-corrected chi connectivity index (χ0v) is 40.3. The molecule has 10 rings (SSSR count). The summed E-state index contributed by atoms with van der Waals surface area (Å²) in [5.41, 5.74) is 12.4. The van der Waals surface area contributed by atoms with E-state index in [0.29, 0.717) is 55.2 Å². The number of aliphatic hydroxyl groups excluding tert-OH is 1. The van der Waals surface area contributed by atoms with E-state index in [1.54, 1.807) is 29.2 Å². The first-order valence-corrected chi connectivity index (χ1v) is 24.8. The highest BCUT2D eigenvalue weighted by molar-refractivity contribution is 5.93. The number of H-pyrrole nitrogens is 1. The lowest BCUT2D eigenvalue weighted by atomic mass is 9.60. The monoisotopic (exact) mass is 949 g/mol. The van der Waals surface area contributed by atoms with E-state index in [1.165, 1.54) is 10.5 Å². The molecule has 4 fully saturated rings. The molecule has 366 valence electrons. The number of aromatic nitrogens is 5. The van der Waals surface area contributed by atoms with Crippen LogP contribution in [0.3, 0.4) is 0 Å². The number of carbonyl (C=O) groups is 3.